The van der Waals surface area contributed by atoms with E-state index in [0.717, 1.165) is 27.0 Å². The lowest BCUT2D eigenvalue weighted by Gasteiger charge is -2.15. The van der Waals surface area contributed by atoms with Crippen LogP contribution in [0.3, 0.4) is 0 Å². The van der Waals surface area contributed by atoms with Gasteiger partial charge in [-0.15, -0.1) is 11.8 Å². The molecule has 0 aliphatic heterocycles. The highest BCUT2D eigenvalue weighted by molar-refractivity contribution is 7.99. The predicted molar refractivity (Wildman–Crippen MR) is 157 cm³/mol. The zero-order valence-electron chi connectivity index (χ0n) is 21.3. The molecule has 3 aromatic carbocycles. The number of rotatable bonds is 9. The molecule has 0 saturated carbocycles. The number of aromatic nitrogens is 2. The Hall–Kier alpha value is -4.39. The zero-order chi connectivity index (χ0) is 27.2. The number of pyridine rings is 1. The number of carbonyl (C=O) groups excluding carboxylic acids is 1. The van der Waals surface area contributed by atoms with Crippen molar-refractivity contribution in [3.8, 4) is 40.0 Å². The van der Waals surface area contributed by atoms with Crippen LogP contribution in [0.1, 0.15) is 12.0 Å². The fourth-order valence-corrected chi connectivity index (χ4v) is 5.90. The van der Waals surface area contributed by atoms with Crippen LogP contribution in [0.5, 0.6) is 11.5 Å². The van der Waals surface area contributed by atoms with E-state index >= 15 is 0 Å². The molecule has 0 atom stereocenters. The van der Waals surface area contributed by atoms with E-state index in [4.69, 9.17) is 14.5 Å². The molecule has 0 spiro atoms. The molecule has 9 heteroatoms. The largest absolute Gasteiger partial charge is 0.497 e. The Morgan fingerprint density at radius 3 is 2.51 bits per heavy atom. The summed E-state index contributed by atoms with van der Waals surface area (Å²) in [4.78, 5) is 22.0. The summed E-state index contributed by atoms with van der Waals surface area (Å²) in [6, 6.07) is 27.2. The molecular formula is C30H24N4O3S2. The number of fused-ring (bicyclic) bond motifs is 1. The molecule has 0 radical (unpaired) electrons. The number of amides is 1. The Balaban J connectivity index is 1.44. The second-order valence-corrected chi connectivity index (χ2v) is 10.5. The highest BCUT2D eigenvalue weighted by atomic mass is 32.2. The van der Waals surface area contributed by atoms with Gasteiger partial charge in [-0.3, -0.25) is 4.79 Å². The summed E-state index contributed by atoms with van der Waals surface area (Å²) in [6.07, 6.45) is 0.237. The molecule has 0 fully saturated rings. The Labute approximate surface area is 234 Å². The van der Waals surface area contributed by atoms with Crippen molar-refractivity contribution < 1.29 is 14.3 Å². The second-order valence-electron chi connectivity index (χ2n) is 8.41. The first-order valence-electron chi connectivity index (χ1n) is 12.1. The van der Waals surface area contributed by atoms with Crippen LogP contribution >= 0.6 is 23.1 Å². The molecule has 1 amide bonds. The highest BCUT2D eigenvalue weighted by Gasteiger charge is 2.19. The molecule has 5 aromatic rings. The average molecular weight is 553 g/mol. The fraction of sp³-hybridized carbons (Fsp3) is 0.133. The maximum Gasteiger partial charge on any atom is 0.226 e. The van der Waals surface area contributed by atoms with Crippen molar-refractivity contribution in [2.45, 2.75) is 11.4 Å². The van der Waals surface area contributed by atoms with Gasteiger partial charge in [0.05, 0.1) is 35.7 Å². The van der Waals surface area contributed by atoms with Gasteiger partial charge in [0, 0.05) is 28.9 Å². The van der Waals surface area contributed by atoms with Crippen molar-refractivity contribution in [3.63, 3.8) is 0 Å². The number of hydrogen-bond acceptors (Lipinski definition) is 8. The van der Waals surface area contributed by atoms with Gasteiger partial charge < -0.3 is 14.8 Å². The highest BCUT2D eigenvalue weighted by Crippen LogP contribution is 2.40. The fourth-order valence-electron chi connectivity index (χ4n) is 4.08. The minimum absolute atomic E-state index is 0.144. The number of methoxy groups -OCH3 is 2. The van der Waals surface area contributed by atoms with E-state index in [0.29, 0.717) is 38.5 Å². The van der Waals surface area contributed by atoms with Crippen LogP contribution in [0, 0.1) is 11.3 Å². The Morgan fingerprint density at radius 2 is 1.77 bits per heavy atom. The molecule has 2 heterocycles. The molecule has 7 nitrogen and oxygen atoms in total. The lowest BCUT2D eigenvalue weighted by Crippen LogP contribution is -2.12. The summed E-state index contributed by atoms with van der Waals surface area (Å²) >= 11 is 2.81. The van der Waals surface area contributed by atoms with Crippen LogP contribution in [0.2, 0.25) is 0 Å². The summed E-state index contributed by atoms with van der Waals surface area (Å²) in [5.74, 6) is 1.55. The molecule has 39 heavy (non-hydrogen) atoms. The molecule has 0 aliphatic rings. The van der Waals surface area contributed by atoms with E-state index in [1.165, 1.54) is 23.1 Å². The first-order chi connectivity index (χ1) is 19.1. The van der Waals surface area contributed by atoms with Crippen LogP contribution in [0.4, 0.5) is 5.13 Å². The number of thiazole rings is 1. The maximum absolute atomic E-state index is 12.7. The van der Waals surface area contributed by atoms with E-state index in [-0.39, 0.29) is 12.3 Å². The normalized spacial score (nSPS) is 10.7. The number of ether oxygens (including phenoxy) is 2. The Bertz CT molecular complexity index is 1650. The van der Waals surface area contributed by atoms with Crippen LogP contribution in [0.15, 0.2) is 83.9 Å². The van der Waals surface area contributed by atoms with Crippen molar-refractivity contribution in [3.05, 3.63) is 84.4 Å². The van der Waals surface area contributed by atoms with Gasteiger partial charge >= 0.3 is 0 Å². The number of carbonyl (C=O) groups is 1. The van der Waals surface area contributed by atoms with Gasteiger partial charge in [-0.2, -0.15) is 5.26 Å². The van der Waals surface area contributed by atoms with Crippen molar-refractivity contribution in [1.82, 2.24) is 9.97 Å². The number of hydrogen-bond donors (Lipinski definition) is 1. The van der Waals surface area contributed by atoms with Gasteiger partial charge in [0.1, 0.15) is 22.6 Å². The number of anilines is 1. The molecule has 1 N–H and O–H groups in total. The number of benzene rings is 3. The quantitative estimate of drug-likeness (QED) is 0.196. The van der Waals surface area contributed by atoms with Crippen LogP contribution < -0.4 is 14.8 Å². The molecule has 5 rings (SSSR count). The SMILES string of the molecule is COc1ccc(OC)c(-c2cc(-c3ccccc3)nc(SCCC(=O)Nc3nc4ccccc4s3)c2C#N)c1. The number of thioether (sulfide) groups is 1. The van der Waals surface area contributed by atoms with Crippen molar-refractivity contribution in [1.29, 1.82) is 5.26 Å². The Morgan fingerprint density at radius 1 is 0.974 bits per heavy atom. The van der Waals surface area contributed by atoms with Crippen LogP contribution in [-0.2, 0) is 4.79 Å². The standard InChI is InChI=1S/C30H24N4O3S2/c1-36-20-12-13-26(37-2)22(16-20)21-17-25(19-8-4-3-5-9-19)32-29(23(21)18-31)38-15-14-28(35)34-30-33-24-10-6-7-11-27(24)39-30/h3-13,16-17H,14-15H2,1-2H3,(H,33,34,35). The molecule has 0 unspecified atom stereocenters. The molecule has 194 valence electrons. The monoisotopic (exact) mass is 552 g/mol. The number of nitrogens with zero attached hydrogens (tertiary/aromatic N) is 3. The second kappa shape index (κ2) is 12.0. The minimum atomic E-state index is -0.144. The first-order valence-corrected chi connectivity index (χ1v) is 13.9. The molecular weight excluding hydrogens is 528 g/mol. The first kappa shape index (κ1) is 26.2. The third-order valence-corrected chi connectivity index (χ3v) is 7.90. The molecule has 0 saturated heterocycles. The van der Waals surface area contributed by atoms with E-state index < -0.39 is 0 Å². The van der Waals surface area contributed by atoms with Crippen molar-refractivity contribution >= 4 is 44.4 Å². The summed E-state index contributed by atoms with van der Waals surface area (Å²) < 4.78 is 12.1. The summed E-state index contributed by atoms with van der Waals surface area (Å²) in [7, 11) is 3.19. The third-order valence-electron chi connectivity index (χ3n) is 5.97. The van der Waals surface area contributed by atoms with E-state index in [2.05, 4.69) is 16.4 Å². The molecule has 2 aromatic heterocycles. The Kier molecular flexibility index (Phi) is 8.06. The summed E-state index contributed by atoms with van der Waals surface area (Å²) in [6.45, 7) is 0. The van der Waals surface area contributed by atoms with Gasteiger partial charge in [-0.25, -0.2) is 9.97 Å². The third kappa shape index (κ3) is 5.87. The molecule has 0 bridgehead atoms. The number of para-hydroxylation sites is 1. The lowest BCUT2D eigenvalue weighted by atomic mass is 9.98. The van der Waals surface area contributed by atoms with Crippen LogP contribution in [-0.4, -0.2) is 35.8 Å². The predicted octanol–water partition coefficient (Wildman–Crippen LogP) is 7.04. The van der Waals surface area contributed by atoms with E-state index in [1.807, 2.05) is 78.9 Å². The molecule has 0 aliphatic carbocycles. The van der Waals surface area contributed by atoms with Crippen molar-refractivity contribution in [2.75, 3.05) is 25.3 Å². The topological polar surface area (TPSA) is 97.1 Å². The van der Waals surface area contributed by atoms with E-state index in [1.54, 1.807) is 14.2 Å². The van der Waals surface area contributed by atoms with Gasteiger partial charge in [0.25, 0.3) is 0 Å². The van der Waals surface area contributed by atoms with Gasteiger partial charge in [0.2, 0.25) is 5.91 Å². The lowest BCUT2D eigenvalue weighted by molar-refractivity contribution is -0.115. The number of nitriles is 1. The van der Waals surface area contributed by atoms with Gasteiger partial charge in [-0.05, 0) is 36.4 Å². The van der Waals surface area contributed by atoms with Gasteiger partial charge in [-0.1, -0.05) is 53.8 Å². The average Bonchev–Trinajstić information content (AvgIpc) is 3.39. The van der Waals surface area contributed by atoms with Crippen LogP contribution in [0.25, 0.3) is 32.6 Å². The number of nitrogens with one attached hydrogen (secondary N) is 1. The zero-order valence-corrected chi connectivity index (χ0v) is 22.9. The van der Waals surface area contributed by atoms with E-state index in [9.17, 15) is 10.1 Å². The van der Waals surface area contributed by atoms with Crippen molar-refractivity contribution in [2.24, 2.45) is 0 Å². The minimum Gasteiger partial charge on any atom is -0.497 e. The van der Waals surface area contributed by atoms with Gasteiger partial charge in [0.15, 0.2) is 5.13 Å². The maximum atomic E-state index is 12.7. The smallest absolute Gasteiger partial charge is 0.226 e. The summed E-state index contributed by atoms with van der Waals surface area (Å²) in [5, 5.41) is 14.2. The summed E-state index contributed by atoms with van der Waals surface area (Å²) in [5.41, 5.74) is 4.31.